The van der Waals surface area contributed by atoms with E-state index in [1.807, 2.05) is 55.5 Å². The van der Waals surface area contributed by atoms with Crippen LogP contribution in [0.2, 0.25) is 0 Å². The van der Waals surface area contributed by atoms with Crippen molar-refractivity contribution in [2.45, 2.75) is 32.6 Å². The number of hydrogen-bond donors (Lipinski definition) is 1. The van der Waals surface area contributed by atoms with Crippen LogP contribution in [0.3, 0.4) is 0 Å². The van der Waals surface area contributed by atoms with Crippen molar-refractivity contribution >= 4 is 28.2 Å². The third-order valence-corrected chi connectivity index (χ3v) is 5.79. The molecule has 1 heterocycles. The fraction of sp³-hybridized carbons (Fsp3) is 0.259. The Labute approximate surface area is 191 Å². The number of ketones is 2. The third-order valence-electron chi connectivity index (χ3n) is 5.79. The van der Waals surface area contributed by atoms with Crippen molar-refractivity contribution in [3.63, 3.8) is 0 Å². The highest BCUT2D eigenvalue weighted by Gasteiger charge is 2.30. The fourth-order valence-corrected chi connectivity index (χ4v) is 4.23. The Morgan fingerprint density at radius 2 is 1.76 bits per heavy atom. The second-order valence-corrected chi connectivity index (χ2v) is 8.11. The first kappa shape index (κ1) is 22.2. The van der Waals surface area contributed by atoms with Gasteiger partial charge >= 0.3 is 0 Å². The number of para-hydroxylation sites is 1. The lowest BCUT2D eigenvalue weighted by Gasteiger charge is -2.18. The summed E-state index contributed by atoms with van der Waals surface area (Å²) in [6.45, 7) is 2.08. The molecule has 1 fully saturated rings. The molecule has 1 saturated carbocycles. The van der Waals surface area contributed by atoms with Crippen molar-refractivity contribution in [2.75, 3.05) is 6.54 Å². The minimum atomic E-state index is -0.622. The van der Waals surface area contributed by atoms with Crippen LogP contribution in [-0.4, -0.2) is 28.6 Å². The van der Waals surface area contributed by atoms with E-state index < -0.39 is 5.92 Å². The summed E-state index contributed by atoms with van der Waals surface area (Å²) >= 11 is 0. The molecule has 1 aromatic heterocycles. The quantitative estimate of drug-likeness (QED) is 0.499. The number of amides is 1. The lowest BCUT2D eigenvalue weighted by molar-refractivity contribution is -0.137. The van der Waals surface area contributed by atoms with Crippen LogP contribution >= 0.6 is 0 Å². The molecule has 1 aliphatic rings. The molecule has 3 aromatic rings. The molecule has 0 spiro atoms. The van der Waals surface area contributed by atoms with Crippen LogP contribution in [0.1, 0.15) is 37.4 Å². The van der Waals surface area contributed by atoms with Crippen molar-refractivity contribution in [1.82, 2.24) is 9.88 Å². The van der Waals surface area contributed by atoms with E-state index >= 15 is 0 Å². The maximum atomic E-state index is 13.5. The summed E-state index contributed by atoms with van der Waals surface area (Å²) in [6, 6.07) is 17.1. The number of nitrogens with zero attached hydrogens (tertiary/aromatic N) is 1. The molecule has 0 bridgehead atoms. The van der Waals surface area contributed by atoms with E-state index in [0.717, 1.165) is 16.8 Å². The number of aromatic nitrogens is 1. The average molecular weight is 440 g/mol. The highest BCUT2D eigenvalue weighted by Crippen LogP contribution is 2.20. The van der Waals surface area contributed by atoms with E-state index in [9.17, 15) is 19.2 Å². The number of benzene rings is 2. The Kier molecular flexibility index (Phi) is 6.50. The van der Waals surface area contributed by atoms with E-state index in [1.54, 1.807) is 10.6 Å². The van der Waals surface area contributed by atoms with Crippen LogP contribution in [0.5, 0.6) is 0 Å². The van der Waals surface area contributed by atoms with Gasteiger partial charge in [0.15, 0.2) is 0 Å². The summed E-state index contributed by atoms with van der Waals surface area (Å²) in [5.74, 6) is 4.54. The Balaban J connectivity index is 1.61. The van der Waals surface area contributed by atoms with Crippen molar-refractivity contribution in [3.05, 3.63) is 76.2 Å². The van der Waals surface area contributed by atoms with Gasteiger partial charge in [-0.3, -0.25) is 23.7 Å². The van der Waals surface area contributed by atoms with Gasteiger partial charge in [-0.15, -0.1) is 0 Å². The molecule has 33 heavy (non-hydrogen) atoms. The van der Waals surface area contributed by atoms with Crippen LogP contribution in [0.25, 0.3) is 16.5 Å². The monoisotopic (exact) mass is 440 g/mol. The number of pyridine rings is 1. The molecule has 1 aliphatic carbocycles. The molecule has 6 heteroatoms. The normalized spacial score (nSPS) is 14.1. The molecular weight excluding hydrogens is 416 g/mol. The number of fused-ring (bicyclic) bond motifs is 1. The molecule has 166 valence electrons. The van der Waals surface area contributed by atoms with E-state index in [2.05, 4.69) is 17.2 Å². The van der Waals surface area contributed by atoms with Crippen LogP contribution in [-0.2, 0) is 20.8 Å². The maximum Gasteiger partial charge on any atom is 0.264 e. The second-order valence-electron chi connectivity index (χ2n) is 8.11. The SMILES string of the molecule is CCc1cc2cccc(C#CCNC(=O)C3CC(=O)CC(=O)C3)c2c(=O)n1-c1ccccc1. The van der Waals surface area contributed by atoms with E-state index in [1.165, 1.54) is 0 Å². The number of carbonyl (C=O) groups excluding carboxylic acids is 3. The summed E-state index contributed by atoms with van der Waals surface area (Å²) in [6.07, 6.45) is 0.805. The predicted molar refractivity (Wildman–Crippen MR) is 126 cm³/mol. The molecule has 0 aliphatic heterocycles. The molecule has 0 atom stereocenters. The fourth-order valence-electron chi connectivity index (χ4n) is 4.23. The number of Topliss-reactive ketones (excluding diaryl/α,β-unsaturated/α-hetero) is 2. The van der Waals surface area contributed by atoms with Gasteiger partial charge in [0.2, 0.25) is 5.91 Å². The van der Waals surface area contributed by atoms with Gasteiger partial charge in [0.1, 0.15) is 11.6 Å². The highest BCUT2D eigenvalue weighted by molar-refractivity contribution is 6.05. The average Bonchev–Trinajstić information content (AvgIpc) is 2.81. The lowest BCUT2D eigenvalue weighted by atomic mass is 9.87. The van der Waals surface area contributed by atoms with Gasteiger partial charge < -0.3 is 5.32 Å². The molecule has 0 radical (unpaired) electrons. The van der Waals surface area contributed by atoms with Crippen LogP contribution in [0, 0.1) is 17.8 Å². The highest BCUT2D eigenvalue weighted by atomic mass is 16.2. The van der Waals surface area contributed by atoms with Crippen LogP contribution in [0.4, 0.5) is 0 Å². The molecule has 0 saturated heterocycles. The number of aryl methyl sites for hydroxylation is 1. The Bertz CT molecular complexity index is 1340. The molecule has 2 aromatic carbocycles. The summed E-state index contributed by atoms with van der Waals surface area (Å²) < 4.78 is 1.71. The lowest BCUT2D eigenvalue weighted by Crippen LogP contribution is -2.36. The van der Waals surface area contributed by atoms with Gasteiger partial charge in [-0.05, 0) is 36.1 Å². The maximum absolute atomic E-state index is 13.5. The topological polar surface area (TPSA) is 85.2 Å². The van der Waals surface area contributed by atoms with Crippen LogP contribution in [0.15, 0.2) is 59.4 Å². The first-order chi connectivity index (χ1) is 16.0. The Hall–Kier alpha value is -3.98. The first-order valence-electron chi connectivity index (χ1n) is 11.0. The molecule has 1 N–H and O–H groups in total. The summed E-state index contributed by atoms with van der Waals surface area (Å²) in [7, 11) is 0. The molecule has 4 rings (SSSR count). The van der Waals surface area contributed by atoms with E-state index in [0.29, 0.717) is 17.4 Å². The number of carbonyl (C=O) groups is 3. The number of hydrogen-bond acceptors (Lipinski definition) is 4. The second kappa shape index (κ2) is 9.66. The minimum absolute atomic E-state index is 0.0635. The Morgan fingerprint density at radius 3 is 2.45 bits per heavy atom. The van der Waals surface area contributed by atoms with Crippen molar-refractivity contribution in [2.24, 2.45) is 5.92 Å². The summed E-state index contributed by atoms with van der Waals surface area (Å²) in [4.78, 5) is 49.0. The zero-order valence-corrected chi connectivity index (χ0v) is 18.4. The van der Waals surface area contributed by atoms with Crippen LogP contribution < -0.4 is 10.9 Å². The summed E-state index contributed by atoms with van der Waals surface area (Å²) in [5, 5.41) is 4.03. The van der Waals surface area contributed by atoms with Gasteiger partial charge in [0.25, 0.3) is 5.56 Å². The summed E-state index contributed by atoms with van der Waals surface area (Å²) in [5.41, 5.74) is 2.16. The van der Waals surface area contributed by atoms with Gasteiger partial charge in [-0.25, -0.2) is 0 Å². The van der Waals surface area contributed by atoms with Gasteiger partial charge in [-0.2, -0.15) is 0 Å². The number of rotatable bonds is 4. The standard InChI is InChI=1S/C27H24N2O4/c1-2-21-14-19-9-6-8-18(25(19)27(33)29(21)22-11-4-3-5-12-22)10-7-13-28-26(32)20-15-23(30)17-24(31)16-20/h3-6,8-9,11-12,14,20H,2,13,15-17H2,1H3,(H,28,32). The molecule has 0 unspecified atom stereocenters. The van der Waals surface area contributed by atoms with Crippen molar-refractivity contribution in [3.8, 4) is 17.5 Å². The smallest absolute Gasteiger partial charge is 0.264 e. The number of nitrogens with one attached hydrogen (secondary N) is 1. The molecular formula is C27H24N2O4. The first-order valence-corrected chi connectivity index (χ1v) is 11.0. The van der Waals surface area contributed by atoms with Gasteiger partial charge in [-0.1, -0.05) is 49.1 Å². The zero-order chi connectivity index (χ0) is 23.4. The Morgan fingerprint density at radius 1 is 1.03 bits per heavy atom. The van der Waals surface area contributed by atoms with E-state index in [-0.39, 0.29) is 48.8 Å². The van der Waals surface area contributed by atoms with Gasteiger partial charge in [0, 0.05) is 29.8 Å². The molecule has 6 nitrogen and oxygen atoms in total. The largest absolute Gasteiger partial charge is 0.345 e. The van der Waals surface area contributed by atoms with Gasteiger partial charge in [0.05, 0.1) is 24.3 Å². The third kappa shape index (κ3) is 4.78. The predicted octanol–water partition coefficient (Wildman–Crippen LogP) is 2.96. The van der Waals surface area contributed by atoms with Crippen molar-refractivity contribution in [1.29, 1.82) is 0 Å². The minimum Gasteiger partial charge on any atom is -0.345 e. The molecule has 1 amide bonds. The van der Waals surface area contributed by atoms with E-state index in [4.69, 9.17) is 0 Å². The zero-order valence-electron chi connectivity index (χ0n) is 18.4. The van der Waals surface area contributed by atoms with Crippen molar-refractivity contribution < 1.29 is 14.4 Å².